The molecule has 0 aromatic heterocycles. The molecule has 4 nitrogen and oxygen atoms in total. The van der Waals surface area contributed by atoms with E-state index in [1.165, 1.54) is 12.8 Å². The number of rotatable bonds is 9. The molecule has 2 N–H and O–H groups in total. The zero-order valence-corrected chi connectivity index (χ0v) is 13.8. The molecule has 5 heteroatoms. The van der Waals surface area contributed by atoms with E-state index in [9.17, 15) is 4.79 Å². The second-order valence-corrected chi connectivity index (χ2v) is 5.67. The van der Waals surface area contributed by atoms with Gasteiger partial charge in [-0.2, -0.15) is 0 Å². The van der Waals surface area contributed by atoms with Crippen LogP contribution < -0.4 is 10.6 Å². The molecule has 1 aliphatic rings. The molecule has 0 bridgehead atoms. The van der Waals surface area contributed by atoms with Gasteiger partial charge in [-0.15, -0.1) is 12.4 Å². The van der Waals surface area contributed by atoms with Crippen LogP contribution in [-0.2, 0) is 9.53 Å². The minimum Gasteiger partial charge on any atom is -0.385 e. The number of carbonyl (C=O) groups excluding carboxylic acids is 1. The van der Waals surface area contributed by atoms with Crippen molar-refractivity contribution in [1.29, 1.82) is 0 Å². The van der Waals surface area contributed by atoms with Crippen LogP contribution in [0.2, 0.25) is 0 Å². The Hall–Kier alpha value is -0.320. The minimum absolute atomic E-state index is 0. The third-order valence-electron chi connectivity index (χ3n) is 4.04. The molecular weight excluding hydrogens is 276 g/mol. The van der Waals surface area contributed by atoms with Crippen molar-refractivity contribution in [2.75, 3.05) is 33.4 Å². The van der Waals surface area contributed by atoms with E-state index in [1.807, 2.05) is 0 Å². The Balaban J connectivity index is 0.00000361. The number of amides is 1. The first kappa shape index (κ1) is 19.7. The van der Waals surface area contributed by atoms with Crippen LogP contribution >= 0.6 is 12.4 Å². The molecular formula is C15H31ClN2O2. The van der Waals surface area contributed by atoms with Crippen LogP contribution in [0.25, 0.3) is 0 Å². The normalized spacial score (nSPS) is 17.3. The highest BCUT2D eigenvalue weighted by Gasteiger charge is 2.21. The number of nitrogens with one attached hydrogen (secondary N) is 2. The average Bonchev–Trinajstić information content (AvgIpc) is 2.43. The summed E-state index contributed by atoms with van der Waals surface area (Å²) in [6.45, 7) is 6.06. The summed E-state index contributed by atoms with van der Waals surface area (Å²) in [7, 11) is 1.73. The molecule has 0 aromatic carbocycles. The van der Waals surface area contributed by atoms with Gasteiger partial charge < -0.3 is 15.4 Å². The zero-order valence-electron chi connectivity index (χ0n) is 13.0. The summed E-state index contributed by atoms with van der Waals surface area (Å²) in [5.74, 6) is 1.45. The van der Waals surface area contributed by atoms with Crippen molar-refractivity contribution in [3.8, 4) is 0 Å². The fourth-order valence-electron chi connectivity index (χ4n) is 2.72. The average molecular weight is 307 g/mol. The van der Waals surface area contributed by atoms with Gasteiger partial charge in [0.15, 0.2) is 0 Å². The van der Waals surface area contributed by atoms with Crippen molar-refractivity contribution >= 4 is 18.3 Å². The van der Waals surface area contributed by atoms with Crippen LogP contribution in [-0.4, -0.2) is 39.3 Å². The van der Waals surface area contributed by atoms with Gasteiger partial charge in [0.05, 0.1) is 0 Å². The van der Waals surface area contributed by atoms with Crippen molar-refractivity contribution in [3.63, 3.8) is 0 Å². The highest BCUT2D eigenvalue weighted by molar-refractivity contribution is 5.85. The third-order valence-corrected chi connectivity index (χ3v) is 4.04. The summed E-state index contributed by atoms with van der Waals surface area (Å²) in [6, 6.07) is 0. The molecule has 1 unspecified atom stereocenters. The Labute approximate surface area is 129 Å². The van der Waals surface area contributed by atoms with Gasteiger partial charge in [0.25, 0.3) is 0 Å². The van der Waals surface area contributed by atoms with Crippen molar-refractivity contribution in [2.45, 2.75) is 45.4 Å². The molecule has 0 saturated carbocycles. The second kappa shape index (κ2) is 12.4. The molecule has 0 spiro atoms. The van der Waals surface area contributed by atoms with Crippen molar-refractivity contribution < 1.29 is 9.53 Å². The number of hydrogen-bond acceptors (Lipinski definition) is 3. The SMILES string of the molecule is COCCCCCNC(=O)CC(C)C1CCNCC1.Cl. The molecule has 120 valence electrons. The minimum atomic E-state index is 0. The van der Waals surface area contributed by atoms with Crippen LogP contribution in [0.1, 0.15) is 45.4 Å². The molecule has 1 amide bonds. The van der Waals surface area contributed by atoms with Crippen LogP contribution in [0.5, 0.6) is 0 Å². The summed E-state index contributed by atoms with van der Waals surface area (Å²) in [5, 5.41) is 6.40. The summed E-state index contributed by atoms with van der Waals surface area (Å²) in [4.78, 5) is 11.8. The molecule has 1 saturated heterocycles. The molecule has 1 rings (SSSR count). The molecule has 20 heavy (non-hydrogen) atoms. The Bertz CT molecular complexity index is 246. The monoisotopic (exact) mass is 306 g/mol. The Morgan fingerprint density at radius 1 is 1.30 bits per heavy atom. The first-order valence-corrected chi connectivity index (χ1v) is 7.70. The maximum atomic E-state index is 11.8. The second-order valence-electron chi connectivity index (χ2n) is 5.67. The fourth-order valence-corrected chi connectivity index (χ4v) is 2.72. The molecule has 0 radical (unpaired) electrons. The first-order chi connectivity index (χ1) is 9.24. The first-order valence-electron chi connectivity index (χ1n) is 7.70. The highest BCUT2D eigenvalue weighted by Crippen LogP contribution is 2.24. The van der Waals surface area contributed by atoms with E-state index in [0.717, 1.165) is 45.5 Å². The number of methoxy groups -OCH3 is 1. The summed E-state index contributed by atoms with van der Waals surface area (Å²) in [6.07, 6.45) is 6.37. The van der Waals surface area contributed by atoms with Gasteiger partial charge in [-0.3, -0.25) is 4.79 Å². The molecule has 1 aliphatic heterocycles. The van der Waals surface area contributed by atoms with Crippen LogP contribution in [0, 0.1) is 11.8 Å². The number of piperidine rings is 1. The lowest BCUT2D eigenvalue weighted by atomic mass is 9.84. The van der Waals surface area contributed by atoms with Gasteiger partial charge in [0.1, 0.15) is 0 Å². The molecule has 1 atom stereocenters. The maximum Gasteiger partial charge on any atom is 0.220 e. The highest BCUT2D eigenvalue weighted by atomic mass is 35.5. The summed E-state index contributed by atoms with van der Waals surface area (Å²) < 4.78 is 5.00. The number of unbranched alkanes of at least 4 members (excludes halogenated alkanes) is 2. The Morgan fingerprint density at radius 2 is 2.00 bits per heavy atom. The zero-order chi connectivity index (χ0) is 13.9. The predicted molar refractivity (Wildman–Crippen MR) is 85.4 cm³/mol. The van der Waals surface area contributed by atoms with Crippen LogP contribution in [0.15, 0.2) is 0 Å². The van der Waals surface area contributed by atoms with Crippen LogP contribution in [0.4, 0.5) is 0 Å². The lowest BCUT2D eigenvalue weighted by Crippen LogP contribution is -2.33. The standard InChI is InChI=1S/C15H30N2O2.ClH/c1-13(14-6-9-16-10-7-14)12-15(18)17-8-4-3-5-11-19-2;/h13-14,16H,3-12H2,1-2H3,(H,17,18);1H. The van der Waals surface area contributed by atoms with E-state index in [0.29, 0.717) is 18.3 Å². The topological polar surface area (TPSA) is 50.4 Å². The fraction of sp³-hybridized carbons (Fsp3) is 0.933. The largest absolute Gasteiger partial charge is 0.385 e. The van der Waals surface area contributed by atoms with E-state index in [4.69, 9.17) is 4.74 Å². The van der Waals surface area contributed by atoms with Gasteiger partial charge in [-0.25, -0.2) is 0 Å². The summed E-state index contributed by atoms with van der Waals surface area (Å²) >= 11 is 0. The van der Waals surface area contributed by atoms with Crippen molar-refractivity contribution in [3.05, 3.63) is 0 Å². The van der Waals surface area contributed by atoms with Gasteiger partial charge in [0, 0.05) is 26.7 Å². The summed E-state index contributed by atoms with van der Waals surface area (Å²) in [5.41, 5.74) is 0. The number of carbonyl (C=O) groups is 1. The maximum absolute atomic E-state index is 11.8. The number of ether oxygens (including phenoxy) is 1. The van der Waals surface area contributed by atoms with E-state index in [2.05, 4.69) is 17.6 Å². The third kappa shape index (κ3) is 8.77. The van der Waals surface area contributed by atoms with Crippen LogP contribution in [0.3, 0.4) is 0 Å². The van der Waals surface area contributed by atoms with Gasteiger partial charge in [-0.05, 0) is 57.0 Å². The molecule has 1 heterocycles. The van der Waals surface area contributed by atoms with Crippen molar-refractivity contribution in [1.82, 2.24) is 10.6 Å². The smallest absolute Gasteiger partial charge is 0.220 e. The van der Waals surface area contributed by atoms with Gasteiger partial charge in [-0.1, -0.05) is 6.92 Å². The Kier molecular flexibility index (Phi) is 12.2. The number of halogens is 1. The number of hydrogen-bond donors (Lipinski definition) is 2. The van der Waals surface area contributed by atoms with E-state index < -0.39 is 0 Å². The van der Waals surface area contributed by atoms with E-state index in [1.54, 1.807) is 7.11 Å². The predicted octanol–water partition coefficient (Wildman–Crippen LogP) is 2.37. The van der Waals surface area contributed by atoms with Gasteiger partial charge >= 0.3 is 0 Å². The quantitative estimate of drug-likeness (QED) is 0.643. The Morgan fingerprint density at radius 3 is 2.65 bits per heavy atom. The molecule has 0 aromatic rings. The van der Waals surface area contributed by atoms with Gasteiger partial charge in [0.2, 0.25) is 5.91 Å². The van der Waals surface area contributed by atoms with E-state index >= 15 is 0 Å². The molecule has 0 aliphatic carbocycles. The molecule has 1 fully saturated rings. The van der Waals surface area contributed by atoms with E-state index in [-0.39, 0.29) is 18.3 Å². The lowest BCUT2D eigenvalue weighted by Gasteiger charge is -2.27. The van der Waals surface area contributed by atoms with Crippen molar-refractivity contribution in [2.24, 2.45) is 11.8 Å². The lowest BCUT2D eigenvalue weighted by molar-refractivity contribution is -0.122.